The third-order valence-electron chi connectivity index (χ3n) is 2.01. The van der Waals surface area contributed by atoms with Crippen LogP contribution in [-0.4, -0.2) is 23.4 Å². The standard InChI is InChI=1S/C8H12N2O3/c9-4-6(11)7(13-8(10)12)3-5-1-2-5/h5-7,11H,1-3H2,(H2,10,12). The van der Waals surface area contributed by atoms with E-state index in [9.17, 15) is 4.79 Å². The van der Waals surface area contributed by atoms with Gasteiger partial charge in [-0.2, -0.15) is 5.26 Å². The van der Waals surface area contributed by atoms with Gasteiger partial charge in [0.15, 0.2) is 6.10 Å². The lowest BCUT2D eigenvalue weighted by Gasteiger charge is -2.16. The number of aliphatic hydroxyl groups excluding tert-OH is 1. The smallest absolute Gasteiger partial charge is 0.404 e. The third kappa shape index (κ3) is 3.30. The number of aliphatic hydroxyl groups is 1. The van der Waals surface area contributed by atoms with E-state index in [-0.39, 0.29) is 0 Å². The highest BCUT2D eigenvalue weighted by molar-refractivity contribution is 5.64. The Morgan fingerprint density at radius 3 is 2.77 bits per heavy atom. The van der Waals surface area contributed by atoms with Gasteiger partial charge in [0.1, 0.15) is 6.10 Å². The minimum absolute atomic E-state index is 0.465. The normalized spacial score (nSPS) is 20.0. The predicted octanol–water partition coefficient (Wildman–Crippen LogP) is 0.135. The van der Waals surface area contributed by atoms with Gasteiger partial charge < -0.3 is 15.6 Å². The van der Waals surface area contributed by atoms with E-state index in [1.165, 1.54) is 0 Å². The topological polar surface area (TPSA) is 96.3 Å². The van der Waals surface area contributed by atoms with Crippen molar-refractivity contribution in [3.05, 3.63) is 0 Å². The minimum atomic E-state index is -1.27. The van der Waals surface area contributed by atoms with E-state index >= 15 is 0 Å². The third-order valence-corrected chi connectivity index (χ3v) is 2.01. The number of hydrogen-bond donors (Lipinski definition) is 2. The highest BCUT2D eigenvalue weighted by atomic mass is 16.6. The number of primary amides is 1. The molecule has 13 heavy (non-hydrogen) atoms. The molecule has 72 valence electrons. The van der Waals surface area contributed by atoms with Gasteiger partial charge in [-0.15, -0.1) is 0 Å². The Kier molecular flexibility index (Phi) is 3.09. The molecule has 1 fully saturated rings. The molecule has 2 unspecified atom stereocenters. The quantitative estimate of drug-likeness (QED) is 0.607. The summed E-state index contributed by atoms with van der Waals surface area (Å²) < 4.78 is 4.62. The summed E-state index contributed by atoms with van der Waals surface area (Å²) in [7, 11) is 0. The van der Waals surface area contributed by atoms with Crippen LogP contribution in [0.4, 0.5) is 4.79 Å². The average Bonchev–Trinajstić information content (AvgIpc) is 2.85. The van der Waals surface area contributed by atoms with E-state index < -0.39 is 18.3 Å². The van der Waals surface area contributed by atoms with Gasteiger partial charge in [0.2, 0.25) is 0 Å². The van der Waals surface area contributed by atoms with Crippen LogP contribution < -0.4 is 5.73 Å². The summed E-state index contributed by atoms with van der Waals surface area (Å²) in [6.45, 7) is 0. The molecule has 1 aliphatic carbocycles. The van der Waals surface area contributed by atoms with Crippen LogP contribution in [0.1, 0.15) is 19.3 Å². The SMILES string of the molecule is N#CC(O)C(CC1CC1)OC(N)=O. The largest absolute Gasteiger partial charge is 0.442 e. The van der Waals surface area contributed by atoms with Crippen LogP contribution in [0, 0.1) is 17.2 Å². The molecule has 0 radical (unpaired) electrons. The first-order valence-corrected chi connectivity index (χ1v) is 4.17. The van der Waals surface area contributed by atoms with Gasteiger partial charge >= 0.3 is 6.09 Å². The van der Waals surface area contributed by atoms with Crippen molar-refractivity contribution in [1.82, 2.24) is 0 Å². The van der Waals surface area contributed by atoms with Crippen molar-refractivity contribution < 1.29 is 14.6 Å². The van der Waals surface area contributed by atoms with Crippen molar-refractivity contribution in [3.8, 4) is 6.07 Å². The van der Waals surface area contributed by atoms with E-state index in [4.69, 9.17) is 16.1 Å². The van der Waals surface area contributed by atoms with Gasteiger partial charge in [0.25, 0.3) is 0 Å². The molecule has 1 amide bonds. The van der Waals surface area contributed by atoms with Gasteiger partial charge in [0, 0.05) is 0 Å². The lowest BCUT2D eigenvalue weighted by molar-refractivity contribution is 0.0254. The number of nitriles is 1. The fourth-order valence-corrected chi connectivity index (χ4v) is 1.16. The minimum Gasteiger partial charge on any atom is -0.442 e. The van der Waals surface area contributed by atoms with Crippen LogP contribution >= 0.6 is 0 Å². The number of amides is 1. The molecule has 5 nitrogen and oxygen atoms in total. The second-order valence-electron chi connectivity index (χ2n) is 3.23. The Hall–Kier alpha value is -1.28. The highest BCUT2D eigenvalue weighted by Crippen LogP contribution is 2.34. The Morgan fingerprint density at radius 2 is 2.38 bits per heavy atom. The fraction of sp³-hybridized carbons (Fsp3) is 0.750. The first-order valence-electron chi connectivity index (χ1n) is 4.17. The van der Waals surface area contributed by atoms with Crippen LogP contribution in [0.3, 0.4) is 0 Å². The monoisotopic (exact) mass is 184 g/mol. The maximum Gasteiger partial charge on any atom is 0.404 e. The van der Waals surface area contributed by atoms with Crippen molar-refractivity contribution >= 4 is 6.09 Å². The predicted molar refractivity (Wildman–Crippen MR) is 43.4 cm³/mol. The van der Waals surface area contributed by atoms with Gasteiger partial charge in [-0.3, -0.25) is 0 Å². The van der Waals surface area contributed by atoms with Crippen LogP contribution in [0.5, 0.6) is 0 Å². The number of carbonyl (C=O) groups excluding carboxylic acids is 1. The molecule has 0 heterocycles. The van der Waals surface area contributed by atoms with Crippen LogP contribution in [0.25, 0.3) is 0 Å². The lowest BCUT2D eigenvalue weighted by atomic mass is 10.1. The molecule has 1 rings (SSSR count). The van der Waals surface area contributed by atoms with Crippen LogP contribution in [0.2, 0.25) is 0 Å². The molecule has 0 spiro atoms. The van der Waals surface area contributed by atoms with Crippen molar-refractivity contribution in [2.75, 3.05) is 0 Å². The molecule has 0 aliphatic heterocycles. The average molecular weight is 184 g/mol. The number of rotatable bonds is 4. The number of nitrogens with zero attached hydrogens (tertiary/aromatic N) is 1. The molecule has 5 heteroatoms. The van der Waals surface area contributed by atoms with E-state index in [0.29, 0.717) is 12.3 Å². The first-order chi connectivity index (χ1) is 6.13. The molecule has 0 saturated heterocycles. The van der Waals surface area contributed by atoms with Crippen molar-refractivity contribution in [2.24, 2.45) is 11.7 Å². The Morgan fingerprint density at radius 1 is 1.77 bits per heavy atom. The zero-order valence-corrected chi connectivity index (χ0v) is 7.14. The maximum absolute atomic E-state index is 10.4. The van der Waals surface area contributed by atoms with Crippen molar-refractivity contribution in [2.45, 2.75) is 31.5 Å². The number of ether oxygens (including phenoxy) is 1. The van der Waals surface area contributed by atoms with Gasteiger partial charge in [0.05, 0.1) is 6.07 Å². The summed E-state index contributed by atoms with van der Waals surface area (Å²) in [5.41, 5.74) is 4.80. The molecule has 0 bridgehead atoms. The van der Waals surface area contributed by atoms with E-state index in [0.717, 1.165) is 12.8 Å². The van der Waals surface area contributed by atoms with Crippen molar-refractivity contribution in [3.63, 3.8) is 0 Å². The summed E-state index contributed by atoms with van der Waals surface area (Å²) in [6.07, 6.45) is -0.325. The Bertz CT molecular complexity index is 232. The molecule has 0 aromatic carbocycles. The van der Waals surface area contributed by atoms with Gasteiger partial charge in [-0.25, -0.2) is 4.79 Å². The van der Waals surface area contributed by atoms with E-state index in [2.05, 4.69) is 4.74 Å². The number of hydrogen-bond acceptors (Lipinski definition) is 4. The van der Waals surface area contributed by atoms with Crippen LogP contribution in [0.15, 0.2) is 0 Å². The lowest BCUT2D eigenvalue weighted by Crippen LogP contribution is -2.32. The molecule has 2 atom stereocenters. The van der Waals surface area contributed by atoms with E-state index in [1.807, 2.05) is 0 Å². The fourth-order valence-electron chi connectivity index (χ4n) is 1.16. The zero-order valence-electron chi connectivity index (χ0n) is 7.14. The second-order valence-corrected chi connectivity index (χ2v) is 3.23. The van der Waals surface area contributed by atoms with E-state index in [1.54, 1.807) is 6.07 Å². The molecule has 1 saturated carbocycles. The zero-order chi connectivity index (χ0) is 9.84. The number of carbonyl (C=O) groups is 1. The molecule has 0 aromatic heterocycles. The molecular weight excluding hydrogens is 172 g/mol. The number of nitrogens with two attached hydrogens (primary N) is 1. The van der Waals surface area contributed by atoms with Crippen LogP contribution in [-0.2, 0) is 4.74 Å². The molecular formula is C8H12N2O3. The summed E-state index contributed by atoms with van der Waals surface area (Å²) in [6, 6.07) is 1.63. The summed E-state index contributed by atoms with van der Waals surface area (Å²) in [4.78, 5) is 10.4. The molecule has 0 aromatic rings. The maximum atomic E-state index is 10.4. The Balaban J connectivity index is 2.42. The molecule has 1 aliphatic rings. The summed E-state index contributed by atoms with van der Waals surface area (Å²) >= 11 is 0. The summed E-state index contributed by atoms with van der Waals surface area (Å²) in [5.74, 6) is 0.465. The highest BCUT2D eigenvalue weighted by Gasteiger charge is 2.31. The van der Waals surface area contributed by atoms with Gasteiger partial charge in [-0.1, -0.05) is 12.8 Å². The van der Waals surface area contributed by atoms with Gasteiger partial charge in [-0.05, 0) is 12.3 Å². The second kappa shape index (κ2) is 4.10. The molecule has 3 N–H and O–H groups in total. The van der Waals surface area contributed by atoms with Crippen molar-refractivity contribution in [1.29, 1.82) is 5.26 Å². The summed E-state index contributed by atoms with van der Waals surface area (Å²) in [5, 5.41) is 17.6. The Labute approximate surface area is 76.1 Å². The first kappa shape index (κ1) is 9.81.